The molecule has 0 aliphatic rings. The lowest BCUT2D eigenvalue weighted by atomic mass is 10.0. The van der Waals surface area contributed by atoms with Crippen molar-refractivity contribution in [2.24, 2.45) is 7.05 Å². The van der Waals surface area contributed by atoms with Gasteiger partial charge in [-0.2, -0.15) is 5.10 Å². The summed E-state index contributed by atoms with van der Waals surface area (Å²) >= 11 is 0. The van der Waals surface area contributed by atoms with Crippen molar-refractivity contribution in [1.82, 2.24) is 14.8 Å². The number of hydrogen-bond donors (Lipinski definition) is 0. The molecule has 0 aliphatic carbocycles. The molecule has 3 rings (SSSR count). The number of anilines is 1. The third-order valence-corrected chi connectivity index (χ3v) is 4.68. The van der Waals surface area contributed by atoms with E-state index in [0.29, 0.717) is 5.88 Å². The van der Waals surface area contributed by atoms with Crippen LogP contribution in [0.15, 0.2) is 30.3 Å². The third kappa shape index (κ3) is 3.26. The number of aryl methyl sites for hydroxylation is 2. The Labute approximate surface area is 155 Å². The molecule has 0 aliphatic heterocycles. The number of methoxy groups -OCH3 is 1. The highest BCUT2D eigenvalue weighted by Gasteiger charge is 2.18. The fourth-order valence-corrected chi connectivity index (χ4v) is 3.60. The van der Waals surface area contributed by atoms with Gasteiger partial charge in [0, 0.05) is 48.4 Å². The second kappa shape index (κ2) is 7.77. The zero-order valence-corrected chi connectivity index (χ0v) is 16.4. The van der Waals surface area contributed by atoms with Crippen molar-refractivity contribution in [1.29, 1.82) is 0 Å². The molecule has 5 heteroatoms. The van der Waals surface area contributed by atoms with E-state index in [1.165, 1.54) is 11.2 Å². The molecular formula is C21H28N4O. The third-order valence-electron chi connectivity index (χ3n) is 4.68. The zero-order valence-electron chi connectivity index (χ0n) is 16.4. The van der Waals surface area contributed by atoms with Crippen LogP contribution in [-0.2, 0) is 7.05 Å². The Morgan fingerprint density at radius 3 is 2.38 bits per heavy atom. The summed E-state index contributed by atoms with van der Waals surface area (Å²) in [6.45, 7) is 8.53. The molecule has 1 aromatic carbocycles. The molecule has 0 spiro atoms. The van der Waals surface area contributed by atoms with Crippen molar-refractivity contribution in [2.75, 3.05) is 25.1 Å². The maximum Gasteiger partial charge on any atom is 0.213 e. The van der Waals surface area contributed by atoms with E-state index in [1.54, 1.807) is 7.11 Å². The van der Waals surface area contributed by atoms with Gasteiger partial charge in [-0.25, -0.2) is 4.98 Å². The normalized spacial score (nSPS) is 11.1. The molecule has 0 amide bonds. The molecule has 0 radical (unpaired) electrons. The van der Waals surface area contributed by atoms with E-state index in [1.807, 2.05) is 24.7 Å². The van der Waals surface area contributed by atoms with Crippen molar-refractivity contribution in [3.05, 3.63) is 36.0 Å². The molecule has 0 saturated heterocycles. The van der Waals surface area contributed by atoms with E-state index >= 15 is 0 Å². The molecule has 26 heavy (non-hydrogen) atoms. The van der Waals surface area contributed by atoms with E-state index in [0.717, 1.165) is 48.3 Å². The molecule has 2 aromatic heterocycles. The van der Waals surface area contributed by atoms with E-state index in [9.17, 15) is 0 Å². The number of nitrogens with zero attached hydrogens (tertiary/aromatic N) is 4. The molecule has 0 atom stereocenters. The summed E-state index contributed by atoms with van der Waals surface area (Å²) in [4.78, 5) is 6.97. The van der Waals surface area contributed by atoms with Crippen molar-refractivity contribution in [3.8, 4) is 17.0 Å². The molecule has 0 fully saturated rings. The molecule has 0 N–H and O–H groups in total. The quantitative estimate of drug-likeness (QED) is 0.624. The predicted molar refractivity (Wildman–Crippen MR) is 108 cm³/mol. The highest BCUT2D eigenvalue weighted by Crippen LogP contribution is 2.35. The van der Waals surface area contributed by atoms with Crippen LogP contribution < -0.4 is 9.64 Å². The monoisotopic (exact) mass is 352 g/mol. The van der Waals surface area contributed by atoms with Gasteiger partial charge in [0.05, 0.1) is 7.11 Å². The Bertz CT molecular complexity index is 894. The molecule has 0 unspecified atom stereocenters. The largest absolute Gasteiger partial charge is 0.481 e. The number of hydrogen-bond acceptors (Lipinski definition) is 4. The number of rotatable bonds is 7. The molecule has 3 aromatic rings. The number of ether oxygens (including phenoxy) is 1. The number of fused-ring (bicyclic) bond motifs is 1. The van der Waals surface area contributed by atoms with Gasteiger partial charge in [-0.3, -0.25) is 4.68 Å². The lowest BCUT2D eigenvalue weighted by Gasteiger charge is -2.23. The van der Waals surface area contributed by atoms with Gasteiger partial charge in [0.1, 0.15) is 11.3 Å². The van der Waals surface area contributed by atoms with E-state index in [4.69, 9.17) is 9.84 Å². The maximum absolute atomic E-state index is 5.24. The number of aromatic nitrogens is 3. The average molecular weight is 352 g/mol. The summed E-state index contributed by atoms with van der Waals surface area (Å²) in [5.74, 6) is 1.84. The fraction of sp³-hybridized carbons (Fsp3) is 0.429. The van der Waals surface area contributed by atoms with E-state index in [-0.39, 0.29) is 0 Å². The van der Waals surface area contributed by atoms with Crippen LogP contribution in [0.25, 0.3) is 22.0 Å². The topological polar surface area (TPSA) is 43.2 Å². The van der Waals surface area contributed by atoms with Crippen LogP contribution in [0, 0.1) is 6.92 Å². The lowest BCUT2D eigenvalue weighted by Crippen LogP contribution is -2.27. The second-order valence-corrected chi connectivity index (χ2v) is 6.62. The van der Waals surface area contributed by atoms with Crippen molar-refractivity contribution >= 4 is 16.7 Å². The van der Waals surface area contributed by atoms with Gasteiger partial charge in [-0.15, -0.1) is 0 Å². The molecular weight excluding hydrogens is 324 g/mol. The fourth-order valence-electron chi connectivity index (χ4n) is 3.60. The SMILES string of the molecule is CCCN(CCC)c1c2cccc(-c3ccc(OC)nc3C)c2nn1C. The lowest BCUT2D eigenvalue weighted by molar-refractivity contribution is 0.397. The van der Waals surface area contributed by atoms with Crippen LogP contribution in [-0.4, -0.2) is 35.0 Å². The summed E-state index contributed by atoms with van der Waals surface area (Å²) in [7, 11) is 3.68. The van der Waals surface area contributed by atoms with Crippen molar-refractivity contribution in [3.63, 3.8) is 0 Å². The summed E-state index contributed by atoms with van der Waals surface area (Å²) in [6, 6.07) is 10.4. The summed E-state index contributed by atoms with van der Waals surface area (Å²) in [5.41, 5.74) is 4.18. The zero-order chi connectivity index (χ0) is 18.7. The molecule has 2 heterocycles. The highest BCUT2D eigenvalue weighted by atomic mass is 16.5. The Hall–Kier alpha value is -2.56. The van der Waals surface area contributed by atoms with E-state index < -0.39 is 0 Å². The van der Waals surface area contributed by atoms with Gasteiger partial charge in [0.15, 0.2) is 0 Å². The number of pyridine rings is 1. The van der Waals surface area contributed by atoms with Crippen LogP contribution in [0.1, 0.15) is 32.4 Å². The minimum absolute atomic E-state index is 0.636. The minimum Gasteiger partial charge on any atom is -0.481 e. The molecule has 138 valence electrons. The van der Waals surface area contributed by atoms with Gasteiger partial charge in [0.25, 0.3) is 0 Å². The summed E-state index contributed by atoms with van der Waals surface area (Å²) in [5, 5.41) is 6.07. The first-order chi connectivity index (χ1) is 12.6. The van der Waals surface area contributed by atoms with Crippen LogP contribution >= 0.6 is 0 Å². The Balaban J connectivity index is 2.17. The summed E-state index contributed by atoms with van der Waals surface area (Å²) < 4.78 is 7.26. The minimum atomic E-state index is 0.636. The standard InChI is InChI=1S/C21H28N4O/c1-6-13-25(14-7-2)21-18-10-8-9-17(20(18)23-24(21)4)16-11-12-19(26-5)22-15(16)3/h8-12H,6-7,13-14H2,1-5H3. The van der Waals surface area contributed by atoms with Crippen LogP contribution in [0.5, 0.6) is 5.88 Å². The Morgan fingerprint density at radius 2 is 1.77 bits per heavy atom. The van der Waals surface area contributed by atoms with Crippen molar-refractivity contribution in [2.45, 2.75) is 33.6 Å². The Morgan fingerprint density at radius 1 is 1.04 bits per heavy atom. The van der Waals surface area contributed by atoms with Gasteiger partial charge >= 0.3 is 0 Å². The van der Waals surface area contributed by atoms with Gasteiger partial charge < -0.3 is 9.64 Å². The molecule has 5 nitrogen and oxygen atoms in total. The first-order valence-corrected chi connectivity index (χ1v) is 9.33. The smallest absolute Gasteiger partial charge is 0.213 e. The van der Waals surface area contributed by atoms with Crippen LogP contribution in [0.3, 0.4) is 0 Å². The van der Waals surface area contributed by atoms with Crippen LogP contribution in [0.2, 0.25) is 0 Å². The Kier molecular flexibility index (Phi) is 5.45. The molecule has 0 saturated carbocycles. The highest BCUT2D eigenvalue weighted by molar-refractivity contribution is 6.00. The van der Waals surface area contributed by atoms with Gasteiger partial charge in [0.2, 0.25) is 5.88 Å². The second-order valence-electron chi connectivity index (χ2n) is 6.62. The number of benzene rings is 1. The van der Waals surface area contributed by atoms with Crippen LogP contribution in [0.4, 0.5) is 5.82 Å². The molecule has 0 bridgehead atoms. The van der Waals surface area contributed by atoms with E-state index in [2.05, 4.69) is 48.0 Å². The van der Waals surface area contributed by atoms with Gasteiger partial charge in [-0.1, -0.05) is 26.0 Å². The first-order valence-electron chi connectivity index (χ1n) is 9.33. The van der Waals surface area contributed by atoms with Gasteiger partial charge in [-0.05, 0) is 31.9 Å². The maximum atomic E-state index is 5.24. The average Bonchev–Trinajstić information content (AvgIpc) is 2.97. The van der Waals surface area contributed by atoms with Crippen molar-refractivity contribution < 1.29 is 4.74 Å². The first kappa shape index (κ1) is 18.2. The predicted octanol–water partition coefficient (Wildman–Crippen LogP) is 4.58. The summed E-state index contributed by atoms with van der Waals surface area (Å²) in [6.07, 6.45) is 2.24.